The summed E-state index contributed by atoms with van der Waals surface area (Å²) in [5.41, 5.74) is 3.17. The fourth-order valence-electron chi connectivity index (χ4n) is 2.02. The molecule has 2 aromatic carbocycles. The second-order valence-corrected chi connectivity index (χ2v) is 7.48. The molecule has 180 valence electrons. The summed E-state index contributed by atoms with van der Waals surface area (Å²) in [6.07, 6.45) is 0. The van der Waals surface area contributed by atoms with Gasteiger partial charge in [0, 0.05) is 25.2 Å². The molecule has 0 radical (unpaired) electrons. The highest BCUT2D eigenvalue weighted by atomic mass is 79.9. The number of hydrogen-bond acceptors (Lipinski definition) is 5. The lowest BCUT2D eigenvalue weighted by Gasteiger charge is -2.15. The van der Waals surface area contributed by atoms with E-state index in [4.69, 9.17) is 9.94 Å². The minimum Gasteiger partial charge on any atom is -0.478 e. The second-order valence-electron chi connectivity index (χ2n) is 5.77. The van der Waals surface area contributed by atoms with Crippen molar-refractivity contribution >= 4 is 56.1 Å². The van der Waals surface area contributed by atoms with Gasteiger partial charge in [-0.05, 0) is 75.5 Å². The smallest absolute Gasteiger partial charge is 0.336 e. The van der Waals surface area contributed by atoms with Crippen molar-refractivity contribution in [3.8, 4) is 0 Å². The maximum Gasteiger partial charge on any atom is 0.336 e. The van der Waals surface area contributed by atoms with E-state index in [0.29, 0.717) is 15.6 Å². The normalized spacial score (nSPS) is 9.44. The number of hydroxylamine groups is 3. The molecule has 0 fully saturated rings. The quantitative estimate of drug-likeness (QED) is 0.459. The van der Waals surface area contributed by atoms with Gasteiger partial charge in [-0.2, -0.15) is 0 Å². The molecule has 0 aliphatic heterocycles. The number of carboxylic acids is 1. The number of rotatable bonds is 4. The van der Waals surface area contributed by atoms with Crippen molar-refractivity contribution in [1.82, 2.24) is 10.5 Å². The molecule has 0 aliphatic carbocycles. The summed E-state index contributed by atoms with van der Waals surface area (Å²) >= 11 is 6.01. The molecule has 0 unspecified atom stereocenters. The Kier molecular flexibility index (Phi) is 16.3. The predicted molar refractivity (Wildman–Crippen MR) is 127 cm³/mol. The Bertz CT molecular complexity index is 918. The molecule has 2 rings (SSSR count). The Morgan fingerprint density at radius 2 is 1.34 bits per heavy atom. The summed E-state index contributed by atoms with van der Waals surface area (Å²) in [5.74, 6) is -2.43. The van der Waals surface area contributed by atoms with E-state index in [9.17, 15) is 18.4 Å². The predicted octanol–water partition coefficient (Wildman–Crippen LogP) is 5.31. The molecule has 0 saturated heterocycles. The van der Waals surface area contributed by atoms with Crippen LogP contribution in [0.15, 0.2) is 33.2 Å². The van der Waals surface area contributed by atoms with Crippen LogP contribution >= 0.6 is 44.3 Å². The number of aromatic carboxylic acids is 1. The number of carbonyl (C=O) groups is 2. The molecule has 0 atom stereocenters. The van der Waals surface area contributed by atoms with Crippen molar-refractivity contribution in [2.45, 2.75) is 13.8 Å². The summed E-state index contributed by atoms with van der Waals surface area (Å²) in [7, 11) is 6.13. The third kappa shape index (κ3) is 9.47. The minimum atomic E-state index is -1.11. The molecule has 32 heavy (non-hydrogen) atoms. The molecule has 2 aromatic rings. The van der Waals surface area contributed by atoms with Gasteiger partial charge in [0.25, 0.3) is 5.91 Å². The standard InChI is InChI=1S/C10H11BrFNO2.C8H6BrFO2.C2H7NO.ClH/c1-6-7(10(14)13(2)15-3)4-5-8(11)9(6)12;1-4-5(8(11)12)2-3-6(9)7(4)10;1-3-4-2;/h4-5H,1-3H3;2-3H,1H3,(H,11,12);3H,1-2H3;1H. The van der Waals surface area contributed by atoms with Crippen LogP contribution in [0.2, 0.25) is 0 Å². The zero-order valence-electron chi connectivity index (χ0n) is 18.3. The Morgan fingerprint density at radius 3 is 1.69 bits per heavy atom. The number of nitrogens with one attached hydrogen (secondary N) is 1. The minimum absolute atomic E-state index is 0. The van der Waals surface area contributed by atoms with E-state index in [0.717, 1.165) is 5.06 Å². The first-order valence-electron chi connectivity index (χ1n) is 8.58. The number of carboxylic acid groups (broad SMARTS) is 1. The van der Waals surface area contributed by atoms with Crippen LogP contribution in [0.1, 0.15) is 31.8 Å². The van der Waals surface area contributed by atoms with Crippen LogP contribution in [0.25, 0.3) is 0 Å². The lowest BCUT2D eigenvalue weighted by atomic mass is 10.1. The summed E-state index contributed by atoms with van der Waals surface area (Å²) in [4.78, 5) is 31.2. The van der Waals surface area contributed by atoms with Crippen molar-refractivity contribution in [1.29, 1.82) is 0 Å². The van der Waals surface area contributed by atoms with Crippen LogP contribution < -0.4 is 5.48 Å². The number of halogens is 5. The van der Waals surface area contributed by atoms with Crippen LogP contribution in [0.5, 0.6) is 0 Å². The average Bonchev–Trinajstić information content (AvgIpc) is 2.75. The number of amides is 1. The Hall–Kier alpha value is -1.63. The highest BCUT2D eigenvalue weighted by molar-refractivity contribution is 9.10. The first kappa shape index (κ1) is 32.5. The maximum absolute atomic E-state index is 13.5. The molecule has 1 amide bonds. The fourth-order valence-corrected chi connectivity index (χ4v) is 2.88. The monoisotopic (exact) mass is 604 g/mol. The lowest BCUT2D eigenvalue weighted by molar-refractivity contribution is -0.0757. The van der Waals surface area contributed by atoms with Crippen LogP contribution in [-0.2, 0) is 9.68 Å². The van der Waals surface area contributed by atoms with E-state index in [2.05, 4.69) is 42.2 Å². The van der Waals surface area contributed by atoms with Gasteiger partial charge in [0.1, 0.15) is 11.6 Å². The summed E-state index contributed by atoms with van der Waals surface area (Å²) < 4.78 is 27.1. The summed E-state index contributed by atoms with van der Waals surface area (Å²) in [6.45, 7) is 2.99. The van der Waals surface area contributed by atoms with Gasteiger partial charge in [0.2, 0.25) is 0 Å². The van der Waals surface area contributed by atoms with Gasteiger partial charge < -0.3 is 9.94 Å². The Morgan fingerprint density at radius 1 is 0.969 bits per heavy atom. The third-order valence-corrected chi connectivity index (χ3v) is 5.13. The first-order chi connectivity index (χ1) is 14.4. The summed E-state index contributed by atoms with van der Waals surface area (Å²) in [6, 6.07) is 5.80. The van der Waals surface area contributed by atoms with E-state index in [1.165, 1.54) is 39.3 Å². The van der Waals surface area contributed by atoms with Gasteiger partial charge in [0.05, 0.1) is 28.7 Å². The average molecular weight is 607 g/mol. The molecule has 0 aliphatic rings. The molecule has 0 bridgehead atoms. The van der Waals surface area contributed by atoms with Crippen molar-refractivity contribution in [2.75, 3.05) is 28.3 Å². The first-order valence-corrected chi connectivity index (χ1v) is 10.2. The van der Waals surface area contributed by atoms with Gasteiger partial charge in [-0.1, -0.05) is 0 Å². The third-order valence-electron chi connectivity index (χ3n) is 3.90. The Balaban J connectivity index is 0. The van der Waals surface area contributed by atoms with Gasteiger partial charge in [-0.25, -0.2) is 24.1 Å². The topological polar surface area (TPSA) is 88.1 Å². The number of benzene rings is 2. The van der Waals surface area contributed by atoms with Crippen LogP contribution in [0.3, 0.4) is 0 Å². The SMILES string of the molecule is CNOC.CON(C)C(=O)c1ccc(Br)c(F)c1C.Cc1c(C(=O)O)ccc(Br)c1F.Cl. The zero-order chi connectivity index (χ0) is 24.3. The zero-order valence-corrected chi connectivity index (χ0v) is 22.2. The molecule has 7 nitrogen and oxygen atoms in total. The Labute approximate surface area is 208 Å². The van der Waals surface area contributed by atoms with Gasteiger partial charge in [0.15, 0.2) is 0 Å². The molecule has 12 heteroatoms. The maximum atomic E-state index is 13.5. The highest BCUT2D eigenvalue weighted by Gasteiger charge is 2.17. The largest absolute Gasteiger partial charge is 0.478 e. The van der Waals surface area contributed by atoms with Crippen LogP contribution in [-0.4, -0.2) is 50.4 Å². The van der Waals surface area contributed by atoms with E-state index in [-0.39, 0.29) is 33.9 Å². The lowest BCUT2D eigenvalue weighted by Crippen LogP contribution is -2.26. The summed E-state index contributed by atoms with van der Waals surface area (Å²) in [5, 5.41) is 9.65. The molecule has 2 N–H and O–H groups in total. The van der Waals surface area contributed by atoms with Crippen molar-refractivity contribution in [3.05, 3.63) is 67.1 Å². The number of carbonyl (C=O) groups excluding carboxylic acids is 1. The van der Waals surface area contributed by atoms with E-state index in [1.54, 1.807) is 27.1 Å². The van der Waals surface area contributed by atoms with Gasteiger partial charge in [-0.3, -0.25) is 9.63 Å². The molecular formula is C20H25Br2ClF2N2O5. The molecule has 0 spiro atoms. The fraction of sp³-hybridized carbons (Fsp3) is 0.300. The van der Waals surface area contributed by atoms with E-state index < -0.39 is 17.6 Å². The molecular weight excluding hydrogens is 581 g/mol. The van der Waals surface area contributed by atoms with E-state index in [1.807, 2.05) is 0 Å². The van der Waals surface area contributed by atoms with Gasteiger partial charge in [-0.15, -0.1) is 12.4 Å². The van der Waals surface area contributed by atoms with Crippen molar-refractivity contribution < 1.29 is 33.2 Å². The number of nitrogens with zero attached hydrogens (tertiary/aromatic N) is 1. The molecule has 0 aromatic heterocycles. The van der Waals surface area contributed by atoms with E-state index >= 15 is 0 Å². The van der Waals surface area contributed by atoms with Crippen LogP contribution in [0, 0.1) is 25.5 Å². The number of hydrogen-bond donors (Lipinski definition) is 2. The second kappa shape index (κ2) is 16.1. The van der Waals surface area contributed by atoms with Crippen molar-refractivity contribution in [3.63, 3.8) is 0 Å². The highest BCUT2D eigenvalue weighted by Crippen LogP contribution is 2.23. The molecule has 0 saturated carbocycles. The van der Waals surface area contributed by atoms with Gasteiger partial charge >= 0.3 is 5.97 Å². The molecule has 0 heterocycles. The van der Waals surface area contributed by atoms with Crippen LogP contribution in [0.4, 0.5) is 8.78 Å². The van der Waals surface area contributed by atoms with Crippen molar-refractivity contribution in [2.24, 2.45) is 0 Å².